The standard InChI is InChI=1S/C10H12ClNO/c1-6-3-7(2)10(12)8(4-6)9(13)5-11/h3-4H,5,12H2,1-2H3. The zero-order chi connectivity index (χ0) is 10.0. The quantitative estimate of drug-likeness (QED) is 0.449. The maximum atomic E-state index is 11.3. The molecule has 0 aromatic heterocycles. The van der Waals surface area contributed by atoms with Crippen LogP contribution in [0.3, 0.4) is 0 Å². The Labute approximate surface area is 82.7 Å². The number of hydrogen-bond acceptors (Lipinski definition) is 2. The lowest BCUT2D eigenvalue weighted by Crippen LogP contribution is -2.06. The summed E-state index contributed by atoms with van der Waals surface area (Å²) >= 11 is 5.46. The van der Waals surface area contributed by atoms with E-state index in [9.17, 15) is 4.79 Å². The second kappa shape index (κ2) is 3.79. The monoisotopic (exact) mass is 197 g/mol. The highest BCUT2D eigenvalue weighted by atomic mass is 35.5. The van der Waals surface area contributed by atoms with Gasteiger partial charge in [-0.25, -0.2) is 0 Å². The lowest BCUT2D eigenvalue weighted by Gasteiger charge is -2.07. The van der Waals surface area contributed by atoms with Crippen LogP contribution in [0.4, 0.5) is 5.69 Å². The van der Waals surface area contributed by atoms with E-state index in [0.717, 1.165) is 11.1 Å². The summed E-state index contributed by atoms with van der Waals surface area (Å²) in [5.74, 6) is -0.140. The molecule has 2 nitrogen and oxygen atoms in total. The molecule has 0 bridgehead atoms. The van der Waals surface area contributed by atoms with Gasteiger partial charge in [-0.15, -0.1) is 11.6 Å². The number of nitrogens with two attached hydrogens (primary N) is 1. The second-order valence-corrected chi connectivity index (χ2v) is 3.37. The summed E-state index contributed by atoms with van der Waals surface area (Å²) in [4.78, 5) is 11.3. The normalized spacial score (nSPS) is 10.1. The minimum Gasteiger partial charge on any atom is -0.398 e. The third kappa shape index (κ3) is 2.01. The number of benzene rings is 1. The minimum absolute atomic E-state index is 0.0207. The van der Waals surface area contributed by atoms with Crippen molar-refractivity contribution in [3.8, 4) is 0 Å². The fourth-order valence-electron chi connectivity index (χ4n) is 1.28. The molecule has 1 rings (SSSR count). The SMILES string of the molecule is Cc1cc(C)c(N)c(C(=O)CCl)c1. The maximum Gasteiger partial charge on any atom is 0.179 e. The van der Waals surface area contributed by atoms with Crippen molar-refractivity contribution in [3.63, 3.8) is 0 Å². The van der Waals surface area contributed by atoms with Crippen LogP contribution in [-0.4, -0.2) is 11.7 Å². The number of anilines is 1. The molecule has 13 heavy (non-hydrogen) atoms. The molecule has 3 heteroatoms. The number of carbonyl (C=O) groups excluding carboxylic acids is 1. The lowest BCUT2D eigenvalue weighted by atomic mass is 10.0. The molecule has 0 aliphatic rings. The van der Waals surface area contributed by atoms with Crippen molar-refractivity contribution in [1.82, 2.24) is 0 Å². The Kier molecular flexibility index (Phi) is 2.94. The Morgan fingerprint density at radius 2 is 2.08 bits per heavy atom. The molecule has 1 aromatic carbocycles. The Morgan fingerprint density at radius 1 is 1.46 bits per heavy atom. The fraction of sp³-hybridized carbons (Fsp3) is 0.300. The molecule has 1 aromatic rings. The zero-order valence-electron chi connectivity index (χ0n) is 7.73. The number of aryl methyl sites for hydroxylation is 2. The van der Waals surface area contributed by atoms with Gasteiger partial charge in [-0.1, -0.05) is 6.07 Å². The van der Waals surface area contributed by atoms with Crippen LogP contribution in [0.25, 0.3) is 0 Å². The zero-order valence-corrected chi connectivity index (χ0v) is 8.48. The van der Waals surface area contributed by atoms with Gasteiger partial charge in [0.15, 0.2) is 5.78 Å². The van der Waals surface area contributed by atoms with Crippen molar-refractivity contribution in [2.75, 3.05) is 11.6 Å². The molecule has 0 atom stereocenters. The Balaban J connectivity index is 3.28. The van der Waals surface area contributed by atoms with E-state index >= 15 is 0 Å². The van der Waals surface area contributed by atoms with E-state index in [4.69, 9.17) is 17.3 Å². The molecule has 0 saturated heterocycles. The van der Waals surface area contributed by atoms with Gasteiger partial charge in [-0.2, -0.15) is 0 Å². The van der Waals surface area contributed by atoms with Crippen molar-refractivity contribution in [3.05, 3.63) is 28.8 Å². The van der Waals surface area contributed by atoms with Gasteiger partial charge in [0, 0.05) is 11.3 Å². The molecule has 2 N–H and O–H groups in total. The van der Waals surface area contributed by atoms with Crippen molar-refractivity contribution in [1.29, 1.82) is 0 Å². The predicted octanol–water partition coefficient (Wildman–Crippen LogP) is 2.31. The van der Waals surface area contributed by atoms with Gasteiger partial charge >= 0.3 is 0 Å². The van der Waals surface area contributed by atoms with Gasteiger partial charge in [0.25, 0.3) is 0 Å². The largest absolute Gasteiger partial charge is 0.398 e. The molecule has 0 radical (unpaired) electrons. The molecule has 70 valence electrons. The molecule has 0 aliphatic heterocycles. The minimum atomic E-state index is -0.119. The number of alkyl halides is 1. The van der Waals surface area contributed by atoms with Crippen LogP contribution in [-0.2, 0) is 0 Å². The summed E-state index contributed by atoms with van der Waals surface area (Å²) in [6, 6.07) is 3.72. The molecular weight excluding hydrogens is 186 g/mol. The summed E-state index contributed by atoms with van der Waals surface area (Å²) in [5.41, 5.74) is 8.77. The molecule has 0 heterocycles. The van der Waals surface area contributed by atoms with E-state index < -0.39 is 0 Å². The number of nitrogen functional groups attached to an aromatic ring is 1. The van der Waals surface area contributed by atoms with Gasteiger partial charge in [0.1, 0.15) is 0 Å². The summed E-state index contributed by atoms with van der Waals surface area (Å²) < 4.78 is 0. The number of carbonyl (C=O) groups is 1. The van der Waals surface area contributed by atoms with Crippen molar-refractivity contribution in [2.45, 2.75) is 13.8 Å². The molecule has 0 spiro atoms. The van der Waals surface area contributed by atoms with Gasteiger partial charge in [0.05, 0.1) is 5.88 Å². The van der Waals surface area contributed by atoms with Crippen molar-refractivity contribution in [2.24, 2.45) is 0 Å². The summed E-state index contributed by atoms with van der Waals surface area (Å²) in [6.07, 6.45) is 0. The van der Waals surface area contributed by atoms with Gasteiger partial charge in [0.2, 0.25) is 0 Å². The summed E-state index contributed by atoms with van der Waals surface area (Å²) in [5, 5.41) is 0. The van der Waals surface area contributed by atoms with E-state index in [1.807, 2.05) is 19.9 Å². The van der Waals surface area contributed by atoms with Crippen LogP contribution >= 0.6 is 11.6 Å². The van der Waals surface area contributed by atoms with Crippen LogP contribution in [0.15, 0.2) is 12.1 Å². The highest BCUT2D eigenvalue weighted by Crippen LogP contribution is 2.19. The fourth-order valence-corrected chi connectivity index (χ4v) is 1.43. The van der Waals surface area contributed by atoms with E-state index in [-0.39, 0.29) is 11.7 Å². The third-order valence-corrected chi connectivity index (χ3v) is 2.20. The summed E-state index contributed by atoms with van der Waals surface area (Å²) in [6.45, 7) is 3.81. The molecule has 0 fully saturated rings. The average molecular weight is 198 g/mol. The number of halogens is 1. The molecule has 0 aliphatic carbocycles. The van der Waals surface area contributed by atoms with E-state index in [2.05, 4.69) is 0 Å². The van der Waals surface area contributed by atoms with E-state index in [1.54, 1.807) is 6.07 Å². The first-order chi connectivity index (χ1) is 6.06. The van der Waals surface area contributed by atoms with Crippen LogP contribution < -0.4 is 5.73 Å². The van der Waals surface area contributed by atoms with E-state index in [1.165, 1.54) is 0 Å². The average Bonchev–Trinajstić information content (AvgIpc) is 2.10. The van der Waals surface area contributed by atoms with E-state index in [0.29, 0.717) is 11.3 Å². The van der Waals surface area contributed by atoms with Crippen LogP contribution in [0, 0.1) is 13.8 Å². The number of ketones is 1. The smallest absolute Gasteiger partial charge is 0.179 e. The Hall–Kier alpha value is -1.02. The number of rotatable bonds is 2. The molecular formula is C10H12ClNO. The molecule has 0 unspecified atom stereocenters. The number of Topliss-reactive ketones (excluding diaryl/α,β-unsaturated/α-hetero) is 1. The molecule has 0 saturated carbocycles. The topological polar surface area (TPSA) is 43.1 Å². The Bertz CT molecular complexity index is 347. The molecule has 0 amide bonds. The second-order valence-electron chi connectivity index (χ2n) is 3.10. The Morgan fingerprint density at radius 3 is 2.62 bits per heavy atom. The highest BCUT2D eigenvalue weighted by molar-refractivity contribution is 6.31. The van der Waals surface area contributed by atoms with Crippen molar-refractivity contribution < 1.29 is 4.79 Å². The van der Waals surface area contributed by atoms with Crippen LogP contribution in [0.2, 0.25) is 0 Å². The third-order valence-electron chi connectivity index (χ3n) is 1.95. The van der Waals surface area contributed by atoms with Crippen LogP contribution in [0.1, 0.15) is 21.5 Å². The first kappa shape index (κ1) is 10.1. The number of hydrogen-bond donors (Lipinski definition) is 1. The van der Waals surface area contributed by atoms with Gasteiger partial charge in [-0.05, 0) is 31.0 Å². The van der Waals surface area contributed by atoms with Crippen LogP contribution in [0.5, 0.6) is 0 Å². The summed E-state index contributed by atoms with van der Waals surface area (Å²) in [7, 11) is 0. The highest BCUT2D eigenvalue weighted by Gasteiger charge is 2.10. The lowest BCUT2D eigenvalue weighted by molar-refractivity contribution is 0.102. The first-order valence-corrected chi connectivity index (χ1v) is 4.55. The van der Waals surface area contributed by atoms with Gasteiger partial charge < -0.3 is 5.73 Å². The first-order valence-electron chi connectivity index (χ1n) is 4.02. The van der Waals surface area contributed by atoms with Crippen molar-refractivity contribution >= 4 is 23.1 Å². The maximum absolute atomic E-state index is 11.3. The van der Waals surface area contributed by atoms with Gasteiger partial charge in [-0.3, -0.25) is 4.79 Å². The predicted molar refractivity (Wildman–Crippen MR) is 55.4 cm³/mol.